The first-order valence-electron chi connectivity index (χ1n) is 11.2. The summed E-state index contributed by atoms with van der Waals surface area (Å²) in [6.07, 6.45) is 3.26. The Morgan fingerprint density at radius 2 is 1.79 bits per heavy atom. The average molecular weight is 445 g/mol. The Morgan fingerprint density at radius 3 is 2.42 bits per heavy atom. The molecule has 1 aromatic heterocycles. The molecule has 0 spiro atoms. The molecule has 0 saturated carbocycles. The van der Waals surface area contributed by atoms with E-state index in [0.717, 1.165) is 22.5 Å². The molecule has 0 radical (unpaired) electrons. The van der Waals surface area contributed by atoms with Crippen LogP contribution in [0, 0.1) is 6.92 Å². The van der Waals surface area contributed by atoms with E-state index in [1.807, 2.05) is 74.5 Å². The molecule has 0 bridgehead atoms. The molecule has 172 valence electrons. The summed E-state index contributed by atoms with van der Waals surface area (Å²) >= 11 is 0. The molecule has 6 heteroatoms. The largest absolute Gasteiger partial charge is 0.330 e. The van der Waals surface area contributed by atoms with Gasteiger partial charge in [0.2, 0.25) is 11.8 Å². The van der Waals surface area contributed by atoms with E-state index in [1.165, 1.54) is 11.0 Å². The van der Waals surface area contributed by atoms with Crippen LogP contribution in [-0.2, 0) is 15.0 Å². The van der Waals surface area contributed by atoms with Crippen molar-refractivity contribution in [1.82, 2.24) is 14.7 Å². The van der Waals surface area contributed by atoms with Gasteiger partial charge in [-0.2, -0.15) is 5.10 Å². The molecule has 0 aliphatic heterocycles. The van der Waals surface area contributed by atoms with Crippen LogP contribution in [0.25, 0.3) is 11.8 Å². The fraction of sp³-hybridized carbons (Fsp3) is 0.296. The molecule has 6 nitrogen and oxygen atoms in total. The molecule has 3 aromatic rings. The van der Waals surface area contributed by atoms with Crippen molar-refractivity contribution in [2.24, 2.45) is 0 Å². The number of aryl methyl sites for hydroxylation is 1. The minimum Gasteiger partial charge on any atom is -0.330 e. The van der Waals surface area contributed by atoms with Crippen LogP contribution in [0.3, 0.4) is 0 Å². The highest BCUT2D eigenvalue weighted by Gasteiger charge is 2.22. The van der Waals surface area contributed by atoms with Crippen LogP contribution >= 0.6 is 0 Å². The summed E-state index contributed by atoms with van der Waals surface area (Å²) in [6, 6.07) is 19.5. The number of rotatable bonds is 7. The van der Waals surface area contributed by atoms with Gasteiger partial charge in [-0.3, -0.25) is 9.59 Å². The van der Waals surface area contributed by atoms with E-state index in [-0.39, 0.29) is 23.8 Å². The second-order valence-electron chi connectivity index (χ2n) is 9.06. The summed E-state index contributed by atoms with van der Waals surface area (Å²) in [7, 11) is 0. The van der Waals surface area contributed by atoms with E-state index in [9.17, 15) is 9.59 Å². The molecule has 0 aliphatic carbocycles. The summed E-state index contributed by atoms with van der Waals surface area (Å²) in [5, 5.41) is 7.71. The Balaban J connectivity index is 1.77. The number of hydrogen-bond acceptors (Lipinski definition) is 3. The zero-order valence-electron chi connectivity index (χ0n) is 20.0. The van der Waals surface area contributed by atoms with Crippen molar-refractivity contribution in [2.45, 2.75) is 40.0 Å². The van der Waals surface area contributed by atoms with Crippen molar-refractivity contribution in [3.05, 3.63) is 83.6 Å². The summed E-state index contributed by atoms with van der Waals surface area (Å²) in [4.78, 5) is 27.0. The van der Waals surface area contributed by atoms with Crippen LogP contribution in [0.4, 0.5) is 5.82 Å². The van der Waals surface area contributed by atoms with E-state index in [1.54, 1.807) is 10.8 Å². The third-order valence-corrected chi connectivity index (χ3v) is 5.24. The fourth-order valence-corrected chi connectivity index (χ4v) is 3.33. The molecule has 33 heavy (non-hydrogen) atoms. The molecule has 2 aromatic carbocycles. The minimum absolute atomic E-state index is 0.0433. The lowest BCUT2D eigenvalue weighted by molar-refractivity contribution is -0.130. The van der Waals surface area contributed by atoms with Crippen LogP contribution in [0.2, 0.25) is 0 Å². The molecule has 0 atom stereocenters. The van der Waals surface area contributed by atoms with Gasteiger partial charge in [0, 0.05) is 24.1 Å². The number of aromatic nitrogens is 2. The smallest absolute Gasteiger partial charge is 0.247 e. The van der Waals surface area contributed by atoms with Crippen molar-refractivity contribution in [3.63, 3.8) is 0 Å². The molecular weight excluding hydrogens is 412 g/mol. The monoisotopic (exact) mass is 444 g/mol. The van der Waals surface area contributed by atoms with Crippen LogP contribution in [0.1, 0.15) is 44.5 Å². The van der Waals surface area contributed by atoms with Crippen molar-refractivity contribution in [3.8, 4) is 5.69 Å². The third kappa shape index (κ3) is 6.42. The molecule has 0 unspecified atom stereocenters. The van der Waals surface area contributed by atoms with Crippen molar-refractivity contribution in [2.75, 3.05) is 18.4 Å². The maximum Gasteiger partial charge on any atom is 0.247 e. The van der Waals surface area contributed by atoms with Gasteiger partial charge in [-0.15, -0.1) is 0 Å². The number of anilines is 1. The van der Waals surface area contributed by atoms with E-state index in [4.69, 9.17) is 5.10 Å². The van der Waals surface area contributed by atoms with Crippen molar-refractivity contribution >= 4 is 23.7 Å². The number of nitrogens with one attached hydrogen (secondary N) is 1. The first-order valence-corrected chi connectivity index (χ1v) is 11.2. The Bertz CT molecular complexity index is 1140. The van der Waals surface area contributed by atoms with Gasteiger partial charge in [-0.05, 0) is 43.2 Å². The Morgan fingerprint density at radius 1 is 1.06 bits per heavy atom. The molecular formula is C27H32N4O2. The molecule has 0 saturated heterocycles. The molecule has 0 fully saturated rings. The van der Waals surface area contributed by atoms with E-state index < -0.39 is 0 Å². The van der Waals surface area contributed by atoms with Crippen LogP contribution in [-0.4, -0.2) is 39.6 Å². The number of nitrogens with zero attached hydrogens (tertiary/aromatic N) is 3. The van der Waals surface area contributed by atoms with Crippen LogP contribution < -0.4 is 5.32 Å². The van der Waals surface area contributed by atoms with Gasteiger partial charge in [0.25, 0.3) is 0 Å². The predicted molar refractivity (Wildman–Crippen MR) is 133 cm³/mol. The SMILES string of the molecule is CCN(CC(=O)Nc1cc(C(C)(C)C)nn1-c1cccc(C)c1)C(=O)/C=C/c1ccccc1. The highest BCUT2D eigenvalue weighted by Crippen LogP contribution is 2.26. The average Bonchev–Trinajstić information content (AvgIpc) is 3.21. The van der Waals surface area contributed by atoms with E-state index >= 15 is 0 Å². The highest BCUT2D eigenvalue weighted by atomic mass is 16.2. The number of likely N-dealkylation sites (N-methyl/N-ethyl adjacent to an activating group) is 1. The van der Waals surface area contributed by atoms with Crippen LogP contribution in [0.5, 0.6) is 0 Å². The minimum atomic E-state index is -0.271. The third-order valence-electron chi connectivity index (χ3n) is 5.24. The van der Waals surface area contributed by atoms with E-state index in [2.05, 4.69) is 26.1 Å². The Labute approximate surface area is 195 Å². The maximum absolute atomic E-state index is 12.9. The van der Waals surface area contributed by atoms with Gasteiger partial charge in [0.05, 0.1) is 11.4 Å². The standard InChI is InChI=1S/C27H32N4O2/c1-6-30(26(33)16-15-21-12-8-7-9-13-21)19-25(32)28-24-18-23(27(3,4)5)29-31(24)22-14-10-11-20(2)17-22/h7-18H,6,19H2,1-5H3,(H,28,32)/b16-15+. The van der Waals surface area contributed by atoms with Gasteiger partial charge in [0.1, 0.15) is 12.4 Å². The maximum atomic E-state index is 12.9. The normalized spacial score (nSPS) is 11.5. The zero-order chi connectivity index (χ0) is 24.0. The second kappa shape index (κ2) is 10.3. The van der Waals surface area contributed by atoms with Gasteiger partial charge in [0.15, 0.2) is 0 Å². The molecule has 3 rings (SSSR count). The number of carbonyl (C=O) groups excluding carboxylic acids is 2. The summed E-state index contributed by atoms with van der Waals surface area (Å²) in [5.74, 6) is 0.102. The van der Waals surface area contributed by atoms with Gasteiger partial charge < -0.3 is 10.2 Å². The summed E-state index contributed by atoms with van der Waals surface area (Å²) < 4.78 is 1.75. The number of hydrogen-bond donors (Lipinski definition) is 1. The van der Waals surface area contributed by atoms with Gasteiger partial charge >= 0.3 is 0 Å². The Kier molecular flexibility index (Phi) is 7.48. The lowest BCUT2D eigenvalue weighted by Crippen LogP contribution is -2.37. The summed E-state index contributed by atoms with van der Waals surface area (Å²) in [5.41, 5.74) is 3.60. The molecule has 1 heterocycles. The lowest BCUT2D eigenvalue weighted by Gasteiger charge is -2.19. The summed E-state index contributed by atoms with van der Waals surface area (Å²) in [6.45, 7) is 10.5. The molecule has 1 N–H and O–H groups in total. The van der Waals surface area contributed by atoms with Gasteiger partial charge in [-0.1, -0.05) is 63.2 Å². The van der Waals surface area contributed by atoms with Crippen molar-refractivity contribution < 1.29 is 9.59 Å². The first-order chi connectivity index (χ1) is 15.7. The van der Waals surface area contributed by atoms with Crippen molar-refractivity contribution in [1.29, 1.82) is 0 Å². The molecule has 2 amide bonds. The topological polar surface area (TPSA) is 67.2 Å². The fourth-order valence-electron chi connectivity index (χ4n) is 3.33. The first kappa shape index (κ1) is 24.0. The number of amides is 2. The lowest BCUT2D eigenvalue weighted by atomic mass is 9.92. The molecule has 0 aliphatic rings. The van der Waals surface area contributed by atoms with Gasteiger partial charge in [-0.25, -0.2) is 4.68 Å². The number of carbonyl (C=O) groups is 2. The van der Waals surface area contributed by atoms with E-state index in [0.29, 0.717) is 12.4 Å². The Hall–Kier alpha value is -3.67. The predicted octanol–water partition coefficient (Wildman–Crippen LogP) is 4.98. The van der Waals surface area contributed by atoms with Crippen LogP contribution in [0.15, 0.2) is 66.7 Å². The quantitative estimate of drug-likeness (QED) is 0.523. The highest BCUT2D eigenvalue weighted by molar-refractivity contribution is 5.97. The zero-order valence-corrected chi connectivity index (χ0v) is 20.0. The number of benzene rings is 2. The second-order valence-corrected chi connectivity index (χ2v) is 9.06.